The van der Waals surface area contributed by atoms with Crippen LogP contribution in [0.25, 0.3) is 0 Å². The third kappa shape index (κ3) is 0.861. The van der Waals surface area contributed by atoms with Crippen molar-refractivity contribution in [2.24, 2.45) is 23.5 Å². The van der Waals surface area contributed by atoms with Crippen LogP contribution in [0.15, 0.2) is 0 Å². The summed E-state index contributed by atoms with van der Waals surface area (Å²) in [6, 6.07) is 0. The van der Waals surface area contributed by atoms with Gasteiger partial charge in [0.15, 0.2) is 0 Å². The zero-order chi connectivity index (χ0) is 9.27. The molecule has 4 rings (SSSR count). The minimum Gasteiger partial charge on any atom is -0.388 e. The van der Waals surface area contributed by atoms with Crippen molar-refractivity contribution in [2.75, 3.05) is 0 Å². The standard InChI is InChI=1S/C11H19NO/c1-10(12)9-3-7-2-8(4-9)6-11(10,13)5-7/h7-9,13H,2-6,12H2,1H3. The fraction of sp³-hybridized carbons (Fsp3) is 1.00. The van der Waals surface area contributed by atoms with Crippen molar-refractivity contribution < 1.29 is 5.11 Å². The van der Waals surface area contributed by atoms with Gasteiger partial charge in [0.2, 0.25) is 0 Å². The minimum atomic E-state index is -0.526. The third-order valence-electron chi connectivity index (χ3n) is 5.01. The zero-order valence-electron chi connectivity index (χ0n) is 8.29. The van der Waals surface area contributed by atoms with Crippen LogP contribution >= 0.6 is 0 Å². The lowest BCUT2D eigenvalue weighted by Gasteiger charge is -2.63. The lowest BCUT2D eigenvalue weighted by molar-refractivity contribution is -0.178. The highest BCUT2D eigenvalue weighted by molar-refractivity contribution is 5.16. The highest BCUT2D eigenvalue weighted by atomic mass is 16.3. The number of hydrogen-bond donors (Lipinski definition) is 2. The molecule has 3 N–H and O–H groups in total. The summed E-state index contributed by atoms with van der Waals surface area (Å²) in [6.45, 7) is 2.06. The number of aliphatic hydroxyl groups is 1. The molecule has 0 aliphatic heterocycles. The molecule has 0 radical (unpaired) electrons. The summed E-state index contributed by atoms with van der Waals surface area (Å²) in [4.78, 5) is 0. The van der Waals surface area contributed by atoms with E-state index in [1.807, 2.05) is 0 Å². The number of rotatable bonds is 0. The van der Waals surface area contributed by atoms with Gasteiger partial charge in [-0.15, -0.1) is 0 Å². The Hall–Kier alpha value is -0.0800. The van der Waals surface area contributed by atoms with Crippen LogP contribution in [0.4, 0.5) is 0 Å². The van der Waals surface area contributed by atoms with Crippen molar-refractivity contribution in [3.63, 3.8) is 0 Å². The molecular weight excluding hydrogens is 162 g/mol. The van der Waals surface area contributed by atoms with Gasteiger partial charge in [-0.05, 0) is 56.8 Å². The van der Waals surface area contributed by atoms with Gasteiger partial charge in [-0.1, -0.05) is 0 Å². The lowest BCUT2D eigenvalue weighted by atomic mass is 9.47. The van der Waals surface area contributed by atoms with Crippen LogP contribution in [0, 0.1) is 17.8 Å². The van der Waals surface area contributed by atoms with E-state index in [0.29, 0.717) is 5.92 Å². The van der Waals surface area contributed by atoms with Crippen molar-refractivity contribution in [3.05, 3.63) is 0 Å². The van der Waals surface area contributed by atoms with Gasteiger partial charge in [0.05, 0.1) is 5.60 Å². The van der Waals surface area contributed by atoms with Crippen molar-refractivity contribution in [2.45, 2.75) is 50.2 Å². The Morgan fingerprint density at radius 3 is 2.15 bits per heavy atom. The van der Waals surface area contributed by atoms with Crippen LogP contribution < -0.4 is 5.73 Å². The van der Waals surface area contributed by atoms with Crippen LogP contribution in [0.5, 0.6) is 0 Å². The molecule has 74 valence electrons. The van der Waals surface area contributed by atoms with E-state index in [9.17, 15) is 5.11 Å². The van der Waals surface area contributed by atoms with Crippen LogP contribution in [-0.4, -0.2) is 16.2 Å². The van der Waals surface area contributed by atoms with Crippen LogP contribution in [-0.2, 0) is 0 Å². The molecule has 0 aromatic carbocycles. The van der Waals surface area contributed by atoms with E-state index in [-0.39, 0.29) is 5.54 Å². The molecule has 4 bridgehead atoms. The highest BCUT2D eigenvalue weighted by Crippen LogP contribution is 2.59. The average Bonchev–Trinajstić information content (AvgIpc) is 1.99. The molecule has 0 amide bonds. The number of nitrogens with two attached hydrogens (primary N) is 1. The van der Waals surface area contributed by atoms with E-state index >= 15 is 0 Å². The summed E-state index contributed by atoms with van der Waals surface area (Å²) in [6.07, 6.45) is 5.83. The van der Waals surface area contributed by atoms with Gasteiger partial charge >= 0.3 is 0 Å². The Labute approximate surface area is 79.5 Å². The molecule has 4 saturated carbocycles. The molecule has 3 atom stereocenters. The van der Waals surface area contributed by atoms with Gasteiger partial charge in [0.25, 0.3) is 0 Å². The van der Waals surface area contributed by atoms with E-state index in [1.165, 1.54) is 19.3 Å². The average molecular weight is 181 g/mol. The largest absolute Gasteiger partial charge is 0.388 e. The van der Waals surface area contributed by atoms with Crippen LogP contribution in [0.1, 0.15) is 39.0 Å². The molecule has 0 spiro atoms. The third-order valence-corrected chi connectivity index (χ3v) is 5.01. The lowest BCUT2D eigenvalue weighted by Crippen LogP contribution is -2.71. The van der Waals surface area contributed by atoms with Crippen molar-refractivity contribution >= 4 is 0 Å². The van der Waals surface area contributed by atoms with Gasteiger partial charge in [-0.2, -0.15) is 0 Å². The first-order valence-corrected chi connectivity index (χ1v) is 5.52. The summed E-state index contributed by atoms with van der Waals surface area (Å²) in [5.41, 5.74) is 5.46. The smallest absolute Gasteiger partial charge is 0.0831 e. The maximum absolute atomic E-state index is 10.5. The van der Waals surface area contributed by atoms with Gasteiger partial charge in [-0.3, -0.25) is 0 Å². The second kappa shape index (κ2) is 2.12. The van der Waals surface area contributed by atoms with Crippen molar-refractivity contribution in [3.8, 4) is 0 Å². The maximum Gasteiger partial charge on any atom is 0.0831 e. The normalized spacial score (nSPS) is 64.4. The topological polar surface area (TPSA) is 46.2 Å². The van der Waals surface area contributed by atoms with Crippen molar-refractivity contribution in [1.29, 1.82) is 0 Å². The van der Waals surface area contributed by atoms with E-state index < -0.39 is 5.60 Å². The molecule has 3 unspecified atom stereocenters. The van der Waals surface area contributed by atoms with Crippen LogP contribution in [0.3, 0.4) is 0 Å². The molecule has 0 aromatic rings. The SMILES string of the molecule is CC1(N)C2CC3CC(C2)CC1(O)C3. The first-order chi connectivity index (χ1) is 6.01. The van der Waals surface area contributed by atoms with Crippen LogP contribution in [0.2, 0.25) is 0 Å². The summed E-state index contributed by atoms with van der Waals surface area (Å²) in [5.74, 6) is 2.14. The van der Waals surface area contributed by atoms with Gasteiger partial charge in [0, 0.05) is 5.54 Å². The van der Waals surface area contributed by atoms with E-state index in [1.54, 1.807) is 0 Å². The monoisotopic (exact) mass is 181 g/mol. The molecule has 4 aliphatic rings. The summed E-state index contributed by atoms with van der Waals surface area (Å²) < 4.78 is 0. The first-order valence-electron chi connectivity index (χ1n) is 5.52. The molecule has 2 nitrogen and oxygen atoms in total. The molecular formula is C11H19NO. The van der Waals surface area contributed by atoms with E-state index in [4.69, 9.17) is 5.73 Å². The molecule has 4 aliphatic carbocycles. The summed E-state index contributed by atoms with van der Waals surface area (Å²) >= 11 is 0. The Kier molecular flexibility index (Phi) is 1.34. The molecule has 0 heterocycles. The predicted molar refractivity (Wildman–Crippen MR) is 51.1 cm³/mol. The molecule has 4 fully saturated rings. The number of hydrogen-bond acceptors (Lipinski definition) is 2. The highest BCUT2D eigenvalue weighted by Gasteiger charge is 2.61. The maximum atomic E-state index is 10.5. The first kappa shape index (κ1) is 8.25. The van der Waals surface area contributed by atoms with Gasteiger partial charge in [-0.25, -0.2) is 0 Å². The fourth-order valence-corrected chi connectivity index (χ4v) is 4.25. The molecule has 0 saturated heterocycles. The Bertz CT molecular complexity index is 234. The summed E-state index contributed by atoms with van der Waals surface area (Å²) in [7, 11) is 0. The summed E-state index contributed by atoms with van der Waals surface area (Å²) in [5, 5.41) is 10.5. The zero-order valence-corrected chi connectivity index (χ0v) is 8.29. The second-order valence-corrected chi connectivity index (χ2v) is 5.86. The van der Waals surface area contributed by atoms with Gasteiger partial charge in [0.1, 0.15) is 0 Å². The Morgan fingerprint density at radius 1 is 1.15 bits per heavy atom. The molecule has 0 aromatic heterocycles. The van der Waals surface area contributed by atoms with Gasteiger partial charge < -0.3 is 10.8 Å². The second-order valence-electron chi connectivity index (χ2n) is 5.86. The van der Waals surface area contributed by atoms with Crippen molar-refractivity contribution in [1.82, 2.24) is 0 Å². The molecule has 2 heteroatoms. The Morgan fingerprint density at radius 2 is 1.69 bits per heavy atom. The molecule has 13 heavy (non-hydrogen) atoms. The minimum absolute atomic E-state index is 0.305. The Balaban J connectivity index is 2.03. The predicted octanol–water partition coefficient (Wildman–Crippen LogP) is 1.27. The quantitative estimate of drug-likeness (QED) is 0.591. The van der Waals surface area contributed by atoms with E-state index in [2.05, 4.69) is 6.92 Å². The van der Waals surface area contributed by atoms with E-state index in [0.717, 1.165) is 24.7 Å². The fourth-order valence-electron chi connectivity index (χ4n) is 4.25.